The topological polar surface area (TPSA) is 79.1 Å². The zero-order valence-electron chi connectivity index (χ0n) is 16.9. The molecule has 1 aromatic heterocycles. The number of hydrogen-bond acceptors (Lipinski definition) is 7. The maximum Gasteiger partial charge on any atom is 0.316 e. The molecule has 2 aromatic rings. The number of carbonyl (C=O) groups is 1. The lowest BCUT2D eigenvalue weighted by molar-refractivity contribution is -0.152. The molecule has 0 amide bonds. The van der Waals surface area contributed by atoms with Gasteiger partial charge in [0.1, 0.15) is 11.9 Å². The van der Waals surface area contributed by atoms with Crippen LogP contribution in [0.4, 0.5) is 0 Å². The Hall–Kier alpha value is -2.09. The Kier molecular flexibility index (Phi) is 6.93. The van der Waals surface area contributed by atoms with E-state index in [2.05, 4.69) is 36.3 Å². The zero-order valence-corrected chi connectivity index (χ0v) is 17.7. The van der Waals surface area contributed by atoms with Gasteiger partial charge >= 0.3 is 5.97 Å². The van der Waals surface area contributed by atoms with Gasteiger partial charge in [0.25, 0.3) is 0 Å². The fourth-order valence-electron chi connectivity index (χ4n) is 3.73. The Bertz CT molecular complexity index is 778. The minimum Gasteiger partial charge on any atom is -0.497 e. The van der Waals surface area contributed by atoms with Gasteiger partial charge in [0, 0.05) is 0 Å². The molecule has 0 saturated heterocycles. The van der Waals surface area contributed by atoms with Gasteiger partial charge in [-0.15, -0.1) is 5.10 Å². The lowest BCUT2D eigenvalue weighted by Gasteiger charge is -2.36. The molecular weight excluding hydrogens is 376 g/mol. The number of benzene rings is 1. The second kappa shape index (κ2) is 9.41. The van der Waals surface area contributed by atoms with Crippen LogP contribution in [-0.2, 0) is 9.53 Å². The van der Waals surface area contributed by atoms with Gasteiger partial charge in [-0.3, -0.25) is 4.79 Å². The molecule has 152 valence electrons. The zero-order chi connectivity index (χ0) is 20.1. The molecule has 1 fully saturated rings. The van der Waals surface area contributed by atoms with Crippen LogP contribution in [0.2, 0.25) is 0 Å². The molecule has 28 heavy (non-hydrogen) atoms. The van der Waals surface area contributed by atoms with Gasteiger partial charge in [-0.1, -0.05) is 39.0 Å². The van der Waals surface area contributed by atoms with Crippen LogP contribution in [0, 0.1) is 17.8 Å². The number of carbonyl (C=O) groups excluding carboxylic acids is 1. The molecule has 3 rings (SSSR count). The van der Waals surface area contributed by atoms with Crippen LogP contribution in [0.1, 0.15) is 40.0 Å². The van der Waals surface area contributed by atoms with E-state index in [1.165, 1.54) is 18.2 Å². The van der Waals surface area contributed by atoms with Crippen LogP contribution in [0.3, 0.4) is 0 Å². The summed E-state index contributed by atoms with van der Waals surface area (Å²) in [5, 5.41) is 12.4. The fraction of sp³-hybridized carbons (Fsp3) is 0.600. The average Bonchev–Trinajstić information content (AvgIpc) is 3.15. The molecular formula is C20H28N4O3S. The quantitative estimate of drug-likeness (QED) is 0.513. The summed E-state index contributed by atoms with van der Waals surface area (Å²) in [6.07, 6.45) is 3.29. The van der Waals surface area contributed by atoms with Crippen molar-refractivity contribution in [2.45, 2.75) is 51.3 Å². The van der Waals surface area contributed by atoms with E-state index in [4.69, 9.17) is 9.47 Å². The third-order valence-corrected chi connectivity index (χ3v) is 6.21. The molecule has 0 bridgehead atoms. The predicted molar refractivity (Wildman–Crippen MR) is 108 cm³/mol. The summed E-state index contributed by atoms with van der Waals surface area (Å²) in [5.41, 5.74) is 0.808. The van der Waals surface area contributed by atoms with Crippen LogP contribution < -0.4 is 4.74 Å². The Morgan fingerprint density at radius 2 is 2.04 bits per heavy atom. The van der Waals surface area contributed by atoms with Crippen molar-refractivity contribution in [2.24, 2.45) is 17.8 Å². The van der Waals surface area contributed by atoms with E-state index in [1.807, 2.05) is 24.3 Å². The number of rotatable bonds is 7. The molecule has 1 aliphatic carbocycles. The number of ether oxygens (including phenoxy) is 2. The van der Waals surface area contributed by atoms with Crippen molar-refractivity contribution in [3.8, 4) is 11.4 Å². The average molecular weight is 405 g/mol. The molecule has 0 unspecified atom stereocenters. The van der Waals surface area contributed by atoms with E-state index in [-0.39, 0.29) is 17.8 Å². The Labute approximate surface area is 170 Å². The van der Waals surface area contributed by atoms with Crippen molar-refractivity contribution >= 4 is 17.7 Å². The summed E-state index contributed by atoms with van der Waals surface area (Å²) >= 11 is 1.29. The maximum atomic E-state index is 12.5. The molecule has 0 radical (unpaired) electrons. The molecule has 8 heteroatoms. The highest BCUT2D eigenvalue weighted by atomic mass is 32.2. The Morgan fingerprint density at radius 3 is 2.71 bits per heavy atom. The number of methoxy groups -OCH3 is 1. The first-order valence-electron chi connectivity index (χ1n) is 9.73. The van der Waals surface area contributed by atoms with Crippen molar-refractivity contribution in [1.29, 1.82) is 0 Å². The normalized spacial score (nSPS) is 22.2. The minimum atomic E-state index is -0.209. The van der Waals surface area contributed by atoms with Crippen LogP contribution in [0.25, 0.3) is 5.69 Å². The molecule has 1 saturated carbocycles. The lowest BCUT2D eigenvalue weighted by Crippen LogP contribution is -2.36. The minimum absolute atomic E-state index is 0.00873. The number of tetrazole rings is 1. The number of hydrogen-bond donors (Lipinski definition) is 0. The van der Waals surface area contributed by atoms with E-state index in [1.54, 1.807) is 11.8 Å². The van der Waals surface area contributed by atoms with Gasteiger partial charge < -0.3 is 9.47 Å². The van der Waals surface area contributed by atoms with Gasteiger partial charge in [-0.2, -0.15) is 4.68 Å². The predicted octanol–water partition coefficient (Wildman–Crippen LogP) is 3.77. The Morgan fingerprint density at radius 1 is 1.29 bits per heavy atom. The monoisotopic (exact) mass is 404 g/mol. The second-order valence-corrected chi connectivity index (χ2v) is 8.66. The third-order valence-electron chi connectivity index (χ3n) is 5.32. The standard InChI is InChI=1S/C20H28N4O3S/c1-13(2)17-10-5-14(3)11-18(17)27-19(25)12-28-20-21-22-23-24(20)15-6-8-16(26-4)9-7-15/h6-9,13-14,17-18H,5,10-12H2,1-4H3/t14-,17-,18+/m0/s1. The summed E-state index contributed by atoms with van der Waals surface area (Å²) in [4.78, 5) is 12.5. The largest absolute Gasteiger partial charge is 0.497 e. The van der Waals surface area contributed by atoms with Gasteiger partial charge in [-0.05, 0) is 65.3 Å². The lowest BCUT2D eigenvalue weighted by atomic mass is 9.75. The molecule has 7 nitrogen and oxygen atoms in total. The smallest absolute Gasteiger partial charge is 0.316 e. The fourth-order valence-corrected chi connectivity index (χ4v) is 4.40. The van der Waals surface area contributed by atoms with E-state index in [0.29, 0.717) is 22.9 Å². The molecule has 3 atom stereocenters. The highest BCUT2D eigenvalue weighted by Gasteiger charge is 2.33. The van der Waals surface area contributed by atoms with Crippen LogP contribution in [-0.4, -0.2) is 45.1 Å². The van der Waals surface area contributed by atoms with Gasteiger partial charge in [0.05, 0.1) is 18.6 Å². The maximum absolute atomic E-state index is 12.5. The van der Waals surface area contributed by atoms with Gasteiger partial charge in [0.2, 0.25) is 5.16 Å². The van der Waals surface area contributed by atoms with Crippen molar-refractivity contribution in [3.63, 3.8) is 0 Å². The van der Waals surface area contributed by atoms with Crippen LogP contribution in [0.15, 0.2) is 29.4 Å². The first kappa shape index (κ1) is 20.6. The highest BCUT2D eigenvalue weighted by Crippen LogP contribution is 2.35. The number of nitrogens with zero attached hydrogens (tertiary/aromatic N) is 4. The van der Waals surface area contributed by atoms with E-state index in [9.17, 15) is 4.79 Å². The summed E-state index contributed by atoms with van der Waals surface area (Å²) in [5.74, 6) is 2.29. The first-order valence-corrected chi connectivity index (χ1v) is 10.7. The molecule has 0 N–H and O–H groups in total. The van der Waals surface area contributed by atoms with E-state index >= 15 is 0 Å². The van der Waals surface area contributed by atoms with E-state index < -0.39 is 0 Å². The molecule has 1 aliphatic rings. The first-order chi connectivity index (χ1) is 13.5. The van der Waals surface area contributed by atoms with Crippen molar-refractivity contribution in [1.82, 2.24) is 20.2 Å². The number of thioether (sulfide) groups is 1. The molecule has 1 heterocycles. The summed E-state index contributed by atoms with van der Waals surface area (Å²) in [6.45, 7) is 6.65. The van der Waals surface area contributed by atoms with Crippen molar-refractivity contribution < 1.29 is 14.3 Å². The summed E-state index contributed by atoms with van der Waals surface area (Å²) < 4.78 is 12.6. The van der Waals surface area contributed by atoms with Crippen molar-refractivity contribution in [2.75, 3.05) is 12.9 Å². The summed E-state index contributed by atoms with van der Waals surface area (Å²) in [7, 11) is 1.62. The number of aromatic nitrogens is 4. The summed E-state index contributed by atoms with van der Waals surface area (Å²) in [6, 6.07) is 7.43. The van der Waals surface area contributed by atoms with Crippen LogP contribution >= 0.6 is 11.8 Å². The van der Waals surface area contributed by atoms with Crippen molar-refractivity contribution in [3.05, 3.63) is 24.3 Å². The SMILES string of the molecule is COc1ccc(-n2nnnc2SCC(=O)O[C@@H]2C[C@@H](C)CC[C@H]2C(C)C)cc1. The molecule has 1 aromatic carbocycles. The highest BCUT2D eigenvalue weighted by molar-refractivity contribution is 7.99. The van der Waals surface area contributed by atoms with Gasteiger partial charge in [-0.25, -0.2) is 0 Å². The number of esters is 1. The molecule has 0 spiro atoms. The third kappa shape index (κ3) is 5.04. The van der Waals surface area contributed by atoms with Gasteiger partial charge in [0.15, 0.2) is 0 Å². The van der Waals surface area contributed by atoms with Crippen LogP contribution in [0.5, 0.6) is 5.75 Å². The molecule has 0 aliphatic heterocycles. The Balaban J connectivity index is 1.59. The van der Waals surface area contributed by atoms with E-state index in [0.717, 1.165) is 24.3 Å². The second-order valence-electron chi connectivity index (χ2n) is 7.71.